The molecule has 0 spiro atoms. The molecule has 0 atom stereocenters. The smallest absolute Gasteiger partial charge is 0.259 e. The second-order valence-corrected chi connectivity index (χ2v) is 5.82. The number of rotatable bonds is 5. The molecule has 3 aromatic carbocycles. The Labute approximate surface area is 156 Å². The Morgan fingerprint density at radius 1 is 0.923 bits per heavy atom. The van der Waals surface area contributed by atoms with Crippen molar-refractivity contribution in [2.24, 2.45) is 10.2 Å². The molecule has 1 amide bonds. The lowest BCUT2D eigenvalue weighted by molar-refractivity contribution is 0.102. The van der Waals surface area contributed by atoms with Crippen LogP contribution in [0.3, 0.4) is 0 Å². The molecule has 0 aliphatic rings. The first-order valence-electron chi connectivity index (χ1n) is 7.87. The molecule has 0 unspecified atom stereocenters. The van der Waals surface area contributed by atoms with Crippen molar-refractivity contribution in [1.82, 2.24) is 0 Å². The summed E-state index contributed by atoms with van der Waals surface area (Å²) in [5.41, 5.74) is 2.47. The molecule has 26 heavy (non-hydrogen) atoms. The number of methoxy groups -OCH3 is 1. The lowest BCUT2D eigenvalue weighted by Crippen LogP contribution is -2.13. The molecule has 0 saturated heterocycles. The normalized spacial score (nSPS) is 10.7. The van der Waals surface area contributed by atoms with Gasteiger partial charge in [-0.1, -0.05) is 29.8 Å². The van der Waals surface area contributed by atoms with E-state index >= 15 is 0 Å². The third-order valence-corrected chi connectivity index (χ3v) is 3.80. The number of halogens is 1. The molecule has 0 bridgehead atoms. The van der Waals surface area contributed by atoms with Crippen molar-refractivity contribution < 1.29 is 9.53 Å². The van der Waals surface area contributed by atoms with Gasteiger partial charge in [-0.3, -0.25) is 4.79 Å². The highest BCUT2D eigenvalue weighted by molar-refractivity contribution is 6.31. The highest BCUT2D eigenvalue weighted by Crippen LogP contribution is 2.25. The van der Waals surface area contributed by atoms with Gasteiger partial charge in [0, 0.05) is 10.7 Å². The SMILES string of the molecule is COc1ccc(Cl)cc1C(=O)Nc1ccc(N=Nc2ccccc2)cc1. The predicted octanol–water partition coefficient (Wildman–Crippen LogP) is 6.02. The summed E-state index contributed by atoms with van der Waals surface area (Å²) in [6.07, 6.45) is 0. The molecule has 1 N–H and O–H groups in total. The minimum atomic E-state index is -0.303. The summed E-state index contributed by atoms with van der Waals surface area (Å²) in [4.78, 5) is 12.4. The fraction of sp³-hybridized carbons (Fsp3) is 0.0500. The largest absolute Gasteiger partial charge is 0.496 e. The first-order valence-corrected chi connectivity index (χ1v) is 8.25. The van der Waals surface area contributed by atoms with Gasteiger partial charge in [0.2, 0.25) is 0 Å². The van der Waals surface area contributed by atoms with Crippen LogP contribution in [0.25, 0.3) is 0 Å². The van der Waals surface area contributed by atoms with Gasteiger partial charge in [-0.05, 0) is 54.6 Å². The topological polar surface area (TPSA) is 63.0 Å². The Hall–Kier alpha value is -3.18. The molecule has 130 valence electrons. The predicted molar refractivity (Wildman–Crippen MR) is 103 cm³/mol. The monoisotopic (exact) mass is 365 g/mol. The van der Waals surface area contributed by atoms with Gasteiger partial charge < -0.3 is 10.1 Å². The number of hydrogen-bond donors (Lipinski definition) is 1. The van der Waals surface area contributed by atoms with E-state index in [1.807, 2.05) is 30.3 Å². The molecule has 0 saturated carbocycles. The molecule has 0 aliphatic carbocycles. The zero-order valence-corrected chi connectivity index (χ0v) is 14.8. The van der Waals surface area contributed by atoms with E-state index in [-0.39, 0.29) is 5.91 Å². The molecule has 6 heteroatoms. The minimum Gasteiger partial charge on any atom is -0.496 e. The average molecular weight is 366 g/mol. The van der Waals surface area contributed by atoms with E-state index in [0.29, 0.717) is 27.7 Å². The quantitative estimate of drug-likeness (QED) is 0.562. The van der Waals surface area contributed by atoms with Crippen molar-refractivity contribution in [1.29, 1.82) is 0 Å². The standard InChI is InChI=1S/C20H16ClN3O2/c1-26-19-12-7-14(21)13-18(19)20(25)22-15-8-10-17(11-9-15)24-23-16-5-3-2-4-6-16/h2-13H,1H3,(H,22,25). The van der Waals surface area contributed by atoms with Gasteiger partial charge in [-0.25, -0.2) is 0 Å². The van der Waals surface area contributed by atoms with Crippen molar-refractivity contribution >= 4 is 34.6 Å². The van der Waals surface area contributed by atoms with Crippen LogP contribution in [0.4, 0.5) is 17.1 Å². The number of carbonyl (C=O) groups is 1. The summed E-state index contributed by atoms with van der Waals surface area (Å²) in [7, 11) is 1.51. The Morgan fingerprint density at radius 3 is 2.23 bits per heavy atom. The van der Waals surface area contributed by atoms with Crippen molar-refractivity contribution in [3.63, 3.8) is 0 Å². The van der Waals surface area contributed by atoms with Crippen LogP contribution in [0.1, 0.15) is 10.4 Å². The molecule has 0 heterocycles. The Balaban J connectivity index is 1.70. The zero-order valence-electron chi connectivity index (χ0n) is 14.0. The van der Waals surface area contributed by atoms with Crippen LogP contribution < -0.4 is 10.1 Å². The van der Waals surface area contributed by atoms with E-state index in [1.54, 1.807) is 42.5 Å². The molecule has 3 aromatic rings. The lowest BCUT2D eigenvalue weighted by atomic mass is 10.2. The number of anilines is 1. The van der Waals surface area contributed by atoms with E-state index in [1.165, 1.54) is 7.11 Å². The highest BCUT2D eigenvalue weighted by atomic mass is 35.5. The van der Waals surface area contributed by atoms with Crippen LogP contribution in [0.15, 0.2) is 83.0 Å². The summed E-state index contributed by atoms with van der Waals surface area (Å²) in [5.74, 6) is 0.156. The van der Waals surface area contributed by atoms with Crippen LogP contribution in [-0.2, 0) is 0 Å². The maximum atomic E-state index is 12.4. The first-order chi connectivity index (χ1) is 12.7. The molecule has 0 aromatic heterocycles. The zero-order chi connectivity index (χ0) is 18.4. The van der Waals surface area contributed by atoms with Crippen molar-refractivity contribution in [2.45, 2.75) is 0 Å². The fourth-order valence-electron chi connectivity index (χ4n) is 2.28. The van der Waals surface area contributed by atoms with Crippen molar-refractivity contribution in [3.05, 3.63) is 83.4 Å². The van der Waals surface area contributed by atoms with Gasteiger partial charge in [0.25, 0.3) is 5.91 Å². The summed E-state index contributed by atoms with van der Waals surface area (Å²) in [5, 5.41) is 11.6. The van der Waals surface area contributed by atoms with Gasteiger partial charge >= 0.3 is 0 Å². The van der Waals surface area contributed by atoms with E-state index in [0.717, 1.165) is 5.69 Å². The number of nitrogens with zero attached hydrogens (tertiary/aromatic N) is 2. The Kier molecular flexibility index (Phi) is 5.61. The summed E-state index contributed by atoms with van der Waals surface area (Å²) in [6.45, 7) is 0. The molecular weight excluding hydrogens is 350 g/mol. The number of benzene rings is 3. The third-order valence-electron chi connectivity index (χ3n) is 3.57. The molecule has 5 nitrogen and oxygen atoms in total. The Morgan fingerprint density at radius 2 is 1.58 bits per heavy atom. The number of carbonyl (C=O) groups excluding carboxylic acids is 1. The van der Waals surface area contributed by atoms with Gasteiger partial charge in [-0.2, -0.15) is 10.2 Å². The van der Waals surface area contributed by atoms with Crippen molar-refractivity contribution in [2.75, 3.05) is 12.4 Å². The molecule has 0 fully saturated rings. The van der Waals surface area contributed by atoms with Gasteiger partial charge in [0.1, 0.15) is 5.75 Å². The van der Waals surface area contributed by atoms with E-state index in [9.17, 15) is 4.79 Å². The van der Waals surface area contributed by atoms with Gasteiger partial charge in [-0.15, -0.1) is 0 Å². The number of azo groups is 1. The maximum absolute atomic E-state index is 12.4. The number of ether oxygens (including phenoxy) is 1. The van der Waals surface area contributed by atoms with Crippen LogP contribution in [-0.4, -0.2) is 13.0 Å². The Bertz CT molecular complexity index is 926. The fourth-order valence-corrected chi connectivity index (χ4v) is 2.45. The summed E-state index contributed by atoms with van der Waals surface area (Å²) >= 11 is 5.97. The first kappa shape index (κ1) is 17.6. The molecular formula is C20H16ClN3O2. The molecule has 0 radical (unpaired) electrons. The highest BCUT2D eigenvalue weighted by Gasteiger charge is 2.13. The second kappa shape index (κ2) is 8.27. The third kappa shape index (κ3) is 4.46. The average Bonchev–Trinajstić information content (AvgIpc) is 2.68. The van der Waals surface area contributed by atoms with Crippen LogP contribution in [0, 0.1) is 0 Å². The second-order valence-electron chi connectivity index (χ2n) is 5.38. The van der Waals surface area contributed by atoms with E-state index in [4.69, 9.17) is 16.3 Å². The van der Waals surface area contributed by atoms with E-state index < -0.39 is 0 Å². The van der Waals surface area contributed by atoms with Gasteiger partial charge in [0.15, 0.2) is 0 Å². The van der Waals surface area contributed by atoms with Crippen LogP contribution in [0.2, 0.25) is 5.02 Å². The van der Waals surface area contributed by atoms with E-state index in [2.05, 4.69) is 15.5 Å². The molecule has 0 aliphatic heterocycles. The molecule has 3 rings (SSSR count). The number of nitrogens with one attached hydrogen (secondary N) is 1. The van der Waals surface area contributed by atoms with Crippen LogP contribution in [0.5, 0.6) is 5.75 Å². The van der Waals surface area contributed by atoms with Crippen molar-refractivity contribution in [3.8, 4) is 5.75 Å². The number of amides is 1. The maximum Gasteiger partial charge on any atom is 0.259 e. The summed E-state index contributed by atoms with van der Waals surface area (Å²) < 4.78 is 5.21. The minimum absolute atomic E-state index is 0.303. The van der Waals surface area contributed by atoms with Gasteiger partial charge in [0.05, 0.1) is 24.0 Å². The number of hydrogen-bond acceptors (Lipinski definition) is 4. The lowest BCUT2D eigenvalue weighted by Gasteiger charge is -2.09. The summed E-state index contributed by atoms with van der Waals surface area (Å²) in [6, 6.07) is 21.4. The van der Waals surface area contributed by atoms with Crippen LogP contribution >= 0.6 is 11.6 Å².